The van der Waals surface area contributed by atoms with E-state index in [4.69, 9.17) is 47.9 Å². The molecule has 1 atom stereocenters. The molecular weight excluding hydrogens is 731 g/mol. The van der Waals surface area contributed by atoms with Crippen LogP contribution in [-0.4, -0.2) is 43.8 Å². The van der Waals surface area contributed by atoms with E-state index >= 15 is 0 Å². The van der Waals surface area contributed by atoms with Crippen molar-refractivity contribution in [1.29, 1.82) is 0 Å². The van der Waals surface area contributed by atoms with Crippen LogP contribution in [0, 0.1) is 17.0 Å². The molecule has 6 rings (SSSR count). The lowest BCUT2D eigenvalue weighted by molar-refractivity contribution is -0.605. The average Bonchev–Trinajstić information content (AvgIpc) is 4.01. The summed E-state index contributed by atoms with van der Waals surface area (Å²) < 4.78 is 49.6. The van der Waals surface area contributed by atoms with Gasteiger partial charge in [0.2, 0.25) is 0 Å². The zero-order valence-electron chi connectivity index (χ0n) is 27.7. The summed E-state index contributed by atoms with van der Waals surface area (Å²) in [6, 6.07) is 8.92. The van der Waals surface area contributed by atoms with E-state index < -0.39 is 18.7 Å². The van der Waals surface area contributed by atoms with Crippen molar-refractivity contribution in [2.45, 2.75) is 82.6 Å². The number of carbonyl (C=O) groups excluding carboxylic acids is 2. The maximum absolute atomic E-state index is 13.8. The highest BCUT2D eigenvalue weighted by atomic mass is 35.5. The van der Waals surface area contributed by atoms with Crippen LogP contribution in [0.25, 0.3) is 0 Å². The molecule has 1 amide bonds. The number of aromatic nitrogens is 1. The van der Waals surface area contributed by atoms with E-state index in [1.165, 1.54) is 36.4 Å². The van der Waals surface area contributed by atoms with E-state index in [1.807, 2.05) is 0 Å². The number of alkyl halides is 2. The molecule has 3 saturated carbocycles. The van der Waals surface area contributed by atoms with E-state index in [9.17, 15) is 23.6 Å². The first-order chi connectivity index (χ1) is 24.0. The number of hydrogen-bond acceptors (Lipinski definition) is 8. The quantitative estimate of drug-likeness (QED) is 0.0930. The summed E-state index contributed by atoms with van der Waals surface area (Å²) in [5.41, 5.74) is 7.16. The first kappa shape index (κ1) is 38.6. The molecule has 3 fully saturated rings. The van der Waals surface area contributed by atoms with Gasteiger partial charge in [-0.05, 0) is 99.1 Å². The number of benzene rings is 2. The van der Waals surface area contributed by atoms with E-state index in [1.54, 1.807) is 0 Å². The van der Waals surface area contributed by atoms with Crippen LogP contribution in [0.3, 0.4) is 0 Å². The van der Waals surface area contributed by atoms with Gasteiger partial charge in [-0.2, -0.15) is 13.5 Å². The number of nitrogens with two attached hydrogens (primary N) is 1. The average molecular weight is 771 g/mol. The number of amides is 1. The summed E-state index contributed by atoms with van der Waals surface area (Å²) in [6.07, 6.45) is 8.32. The molecule has 1 heterocycles. The van der Waals surface area contributed by atoms with E-state index in [-0.39, 0.29) is 69.7 Å². The van der Waals surface area contributed by atoms with Crippen molar-refractivity contribution in [1.82, 2.24) is 5.32 Å². The molecule has 276 valence electrons. The van der Waals surface area contributed by atoms with Crippen LogP contribution in [0.4, 0.5) is 8.78 Å². The minimum absolute atomic E-state index is 0. The van der Waals surface area contributed by atoms with Gasteiger partial charge in [0.05, 0.1) is 24.3 Å². The first-order valence-corrected chi connectivity index (χ1v) is 17.6. The lowest BCUT2D eigenvalue weighted by atomic mass is 9.91. The highest BCUT2D eigenvalue weighted by molar-refractivity contribution is 6.35. The third-order valence-corrected chi connectivity index (χ3v) is 9.82. The van der Waals surface area contributed by atoms with Crippen LogP contribution in [0.2, 0.25) is 10.0 Å². The maximum atomic E-state index is 13.8. The molecule has 0 radical (unpaired) electrons. The van der Waals surface area contributed by atoms with Gasteiger partial charge in [0.15, 0.2) is 23.9 Å². The van der Waals surface area contributed by atoms with Crippen LogP contribution >= 0.6 is 35.6 Å². The second-order valence-electron chi connectivity index (χ2n) is 13.3. The predicted molar refractivity (Wildman–Crippen MR) is 188 cm³/mol. The molecule has 0 saturated heterocycles. The lowest BCUT2D eigenvalue weighted by Gasteiger charge is -2.27. The molecule has 1 aromatic heterocycles. The monoisotopic (exact) mass is 769 g/mol. The molecular formula is C36H40Cl3F2N3O7. The Hall–Kier alpha value is -3.58. The molecule has 3 N–H and O–H groups in total. The van der Waals surface area contributed by atoms with Crippen LogP contribution in [0.15, 0.2) is 48.8 Å². The lowest BCUT2D eigenvalue weighted by Crippen LogP contribution is -2.40. The molecule has 0 aliphatic heterocycles. The molecule has 10 nitrogen and oxygen atoms in total. The van der Waals surface area contributed by atoms with Gasteiger partial charge in [-0.3, -0.25) is 4.79 Å². The summed E-state index contributed by atoms with van der Waals surface area (Å²) >= 11 is 12.8. The zero-order valence-corrected chi connectivity index (χ0v) is 30.0. The fourth-order valence-corrected chi connectivity index (χ4v) is 6.43. The summed E-state index contributed by atoms with van der Waals surface area (Å²) in [7, 11) is 0. The van der Waals surface area contributed by atoms with Gasteiger partial charge in [-0.1, -0.05) is 29.3 Å². The summed E-state index contributed by atoms with van der Waals surface area (Å²) in [6.45, 7) is -2.37. The van der Waals surface area contributed by atoms with Crippen molar-refractivity contribution >= 4 is 47.5 Å². The number of carbonyl (C=O) groups is 2. The Bertz CT molecular complexity index is 1680. The standard InChI is InChI=1S/C36H39Cl2F2N3O7.ClH/c37-28-16-43(46)17-29(38)27(28)15-31(22-6-12-30(50-36(39)40)33(13-22)48-19-21-3-4-21)49-35(45)23-5-11-26(32(14-23)47-18-20-1-2-20)34(44)42-25-9-7-24(41)8-10-25;/h5-6,11-14,16-17,20-21,24-25,31,36H,1-4,7-10,15,18-19,41H2,(H,42,44);1H/t24-,25-,31-;/m0./s1. The molecule has 15 heteroatoms. The van der Waals surface area contributed by atoms with Crippen molar-refractivity contribution in [3.05, 3.63) is 86.3 Å². The first-order valence-electron chi connectivity index (χ1n) is 16.8. The fourth-order valence-electron chi connectivity index (χ4n) is 5.83. The van der Waals surface area contributed by atoms with Crippen molar-refractivity contribution in [3.63, 3.8) is 0 Å². The highest BCUT2D eigenvalue weighted by Gasteiger charge is 2.29. The summed E-state index contributed by atoms with van der Waals surface area (Å²) in [5.74, 6) is -0.212. The van der Waals surface area contributed by atoms with Gasteiger partial charge in [0, 0.05) is 24.1 Å². The van der Waals surface area contributed by atoms with Crippen molar-refractivity contribution in [2.24, 2.45) is 17.6 Å². The van der Waals surface area contributed by atoms with Gasteiger partial charge >= 0.3 is 12.6 Å². The number of esters is 1. The van der Waals surface area contributed by atoms with Crippen LogP contribution in [0.1, 0.15) is 89.3 Å². The molecule has 2 aromatic carbocycles. The molecule has 3 aliphatic rings. The molecule has 3 aliphatic carbocycles. The summed E-state index contributed by atoms with van der Waals surface area (Å²) in [4.78, 5) is 27.2. The predicted octanol–water partition coefficient (Wildman–Crippen LogP) is 7.37. The van der Waals surface area contributed by atoms with Crippen LogP contribution < -0.4 is 30.0 Å². The minimum Gasteiger partial charge on any atom is -0.619 e. The van der Waals surface area contributed by atoms with Gasteiger partial charge in [0.25, 0.3) is 5.91 Å². The summed E-state index contributed by atoms with van der Waals surface area (Å²) in [5, 5.41) is 15.1. The van der Waals surface area contributed by atoms with E-state index in [2.05, 4.69) is 5.32 Å². The highest BCUT2D eigenvalue weighted by Crippen LogP contribution is 2.38. The Balaban J connectivity index is 0.00000504. The third-order valence-electron chi connectivity index (χ3n) is 9.16. The smallest absolute Gasteiger partial charge is 0.387 e. The van der Waals surface area contributed by atoms with Gasteiger partial charge in [-0.15, -0.1) is 12.4 Å². The number of nitrogens with one attached hydrogen (secondary N) is 1. The molecule has 3 aromatic rings. The normalized spacial score (nSPS) is 19.1. The van der Waals surface area contributed by atoms with E-state index in [0.717, 1.165) is 63.8 Å². The number of ether oxygens (including phenoxy) is 4. The topological polar surface area (TPSA) is 136 Å². The molecule has 0 spiro atoms. The molecule has 0 bridgehead atoms. The number of hydrogen-bond donors (Lipinski definition) is 2. The van der Waals surface area contributed by atoms with Crippen molar-refractivity contribution in [3.8, 4) is 17.2 Å². The minimum atomic E-state index is -3.08. The van der Waals surface area contributed by atoms with Gasteiger partial charge < -0.3 is 35.2 Å². The Kier molecular flexibility index (Phi) is 13.1. The Morgan fingerprint density at radius 2 is 1.51 bits per heavy atom. The number of nitrogens with zero attached hydrogens (tertiary/aromatic N) is 1. The Morgan fingerprint density at radius 1 is 0.882 bits per heavy atom. The maximum Gasteiger partial charge on any atom is 0.387 e. The Morgan fingerprint density at radius 3 is 2.12 bits per heavy atom. The zero-order chi connectivity index (χ0) is 35.4. The van der Waals surface area contributed by atoms with Gasteiger partial charge in [-0.25, -0.2) is 4.79 Å². The van der Waals surface area contributed by atoms with Crippen LogP contribution in [-0.2, 0) is 11.2 Å². The molecule has 0 unspecified atom stereocenters. The fraction of sp³-hybridized carbons (Fsp3) is 0.472. The Labute approximate surface area is 310 Å². The third kappa shape index (κ3) is 10.7. The largest absolute Gasteiger partial charge is 0.619 e. The second kappa shape index (κ2) is 17.3. The van der Waals surface area contributed by atoms with Crippen molar-refractivity contribution in [2.75, 3.05) is 13.2 Å². The second-order valence-corrected chi connectivity index (χ2v) is 14.1. The number of pyridine rings is 1. The molecule has 51 heavy (non-hydrogen) atoms. The number of halogens is 5. The SMILES string of the molecule is Cl.N[C@H]1CC[C@H](NC(=O)c2ccc(C(=O)O[C@@H](Cc3c(Cl)c[n+]([O-])cc3Cl)c3ccc(OC(F)F)c(OCC4CC4)c3)cc2OCC2CC2)CC1. The van der Waals surface area contributed by atoms with Gasteiger partial charge in [0.1, 0.15) is 21.9 Å². The van der Waals surface area contributed by atoms with Crippen LogP contribution in [0.5, 0.6) is 17.2 Å². The van der Waals surface area contributed by atoms with E-state index in [0.29, 0.717) is 46.5 Å². The number of rotatable bonds is 15. The van der Waals surface area contributed by atoms with Crippen molar-refractivity contribution < 1.29 is 42.0 Å².